The summed E-state index contributed by atoms with van der Waals surface area (Å²) in [4.78, 5) is 18.7. The molecule has 0 aliphatic carbocycles. The summed E-state index contributed by atoms with van der Waals surface area (Å²) in [5.74, 6) is 8.34. The number of methoxy groups -OCH3 is 2. The van der Waals surface area contributed by atoms with Crippen molar-refractivity contribution in [3.8, 4) is 29.0 Å². The van der Waals surface area contributed by atoms with Gasteiger partial charge in [0.05, 0.1) is 30.8 Å². The number of hydrogen-bond acceptors (Lipinski definition) is 4. The van der Waals surface area contributed by atoms with Gasteiger partial charge in [-0.05, 0) is 89.7 Å². The zero-order valence-electron chi connectivity index (χ0n) is 24.9. The van der Waals surface area contributed by atoms with E-state index in [4.69, 9.17) is 14.5 Å². The van der Waals surface area contributed by atoms with Crippen LogP contribution in [0.3, 0.4) is 0 Å². The minimum absolute atomic E-state index is 0.101. The number of aromatic nitrogens is 2. The van der Waals surface area contributed by atoms with E-state index in [1.165, 1.54) is 5.56 Å². The Bertz CT molecular complexity index is 1910. The van der Waals surface area contributed by atoms with E-state index in [9.17, 15) is 4.79 Å². The van der Waals surface area contributed by atoms with Crippen LogP contribution in [0.15, 0.2) is 89.7 Å². The second-order valence-corrected chi connectivity index (χ2v) is 11.2. The molecule has 5 aromatic rings. The van der Waals surface area contributed by atoms with Gasteiger partial charge in [-0.1, -0.05) is 69.0 Å². The maximum absolute atomic E-state index is 13.8. The first-order valence-electron chi connectivity index (χ1n) is 13.8. The summed E-state index contributed by atoms with van der Waals surface area (Å²) in [6, 6.07) is 27.3. The van der Waals surface area contributed by atoms with Crippen LogP contribution in [-0.2, 0) is 5.41 Å². The molecule has 42 heavy (non-hydrogen) atoms. The van der Waals surface area contributed by atoms with Crippen molar-refractivity contribution in [3.05, 3.63) is 129 Å². The zero-order chi connectivity index (χ0) is 29.9. The monoisotopic (exact) mass is 554 g/mol. The molecule has 0 fully saturated rings. The molecule has 5 rings (SSSR count). The van der Waals surface area contributed by atoms with Crippen molar-refractivity contribution < 1.29 is 9.47 Å². The molecular formula is C37H34N2O3. The lowest BCUT2D eigenvalue weighted by Gasteiger charge is -2.18. The summed E-state index contributed by atoms with van der Waals surface area (Å²) in [5.41, 5.74) is 6.29. The highest BCUT2D eigenvalue weighted by atomic mass is 16.5. The Morgan fingerprint density at radius 1 is 0.786 bits per heavy atom. The van der Waals surface area contributed by atoms with E-state index in [1.54, 1.807) is 18.8 Å². The van der Waals surface area contributed by atoms with Crippen molar-refractivity contribution in [1.29, 1.82) is 0 Å². The average molecular weight is 555 g/mol. The van der Waals surface area contributed by atoms with Crippen molar-refractivity contribution in [2.45, 2.75) is 33.1 Å². The summed E-state index contributed by atoms with van der Waals surface area (Å²) < 4.78 is 12.5. The number of rotatable bonds is 5. The Balaban J connectivity index is 1.54. The quantitative estimate of drug-likeness (QED) is 0.210. The lowest BCUT2D eigenvalue weighted by Crippen LogP contribution is -2.23. The van der Waals surface area contributed by atoms with Crippen LogP contribution in [0, 0.1) is 18.8 Å². The molecule has 210 valence electrons. The van der Waals surface area contributed by atoms with Crippen molar-refractivity contribution in [2.75, 3.05) is 14.2 Å². The second-order valence-electron chi connectivity index (χ2n) is 11.2. The average Bonchev–Trinajstić information content (AvgIpc) is 2.99. The highest BCUT2D eigenvalue weighted by Gasteiger charge is 2.14. The maximum atomic E-state index is 13.8. The third-order valence-electron chi connectivity index (χ3n) is 7.17. The van der Waals surface area contributed by atoms with E-state index in [0.29, 0.717) is 28.2 Å². The van der Waals surface area contributed by atoms with Crippen LogP contribution < -0.4 is 15.0 Å². The Kier molecular flexibility index (Phi) is 7.99. The van der Waals surface area contributed by atoms with Gasteiger partial charge in [-0.15, -0.1) is 0 Å². The first kappa shape index (κ1) is 28.4. The van der Waals surface area contributed by atoms with Gasteiger partial charge >= 0.3 is 0 Å². The number of fused-ring (bicyclic) bond motifs is 1. The molecule has 1 heterocycles. The van der Waals surface area contributed by atoms with Crippen LogP contribution >= 0.6 is 0 Å². The fourth-order valence-electron chi connectivity index (χ4n) is 4.80. The summed E-state index contributed by atoms with van der Waals surface area (Å²) in [6.07, 6.45) is 3.76. The fourth-order valence-corrected chi connectivity index (χ4v) is 4.80. The first-order valence-corrected chi connectivity index (χ1v) is 13.8. The summed E-state index contributed by atoms with van der Waals surface area (Å²) in [6.45, 7) is 8.59. The third kappa shape index (κ3) is 5.99. The van der Waals surface area contributed by atoms with Gasteiger partial charge in [-0.3, -0.25) is 9.36 Å². The van der Waals surface area contributed by atoms with E-state index in [2.05, 4.69) is 56.9 Å². The van der Waals surface area contributed by atoms with Crippen molar-refractivity contribution in [1.82, 2.24) is 9.55 Å². The molecule has 0 aliphatic heterocycles. The molecular weight excluding hydrogens is 520 g/mol. The van der Waals surface area contributed by atoms with Crippen LogP contribution in [0.5, 0.6) is 11.5 Å². The van der Waals surface area contributed by atoms with Gasteiger partial charge in [0, 0.05) is 11.1 Å². The van der Waals surface area contributed by atoms with Gasteiger partial charge < -0.3 is 9.47 Å². The van der Waals surface area contributed by atoms with Gasteiger partial charge in [0.25, 0.3) is 5.56 Å². The predicted octanol–water partition coefficient (Wildman–Crippen LogP) is 7.58. The molecule has 0 amide bonds. The smallest absolute Gasteiger partial charge is 0.266 e. The molecule has 0 saturated carbocycles. The number of aryl methyl sites for hydroxylation is 1. The van der Waals surface area contributed by atoms with Gasteiger partial charge in [0.2, 0.25) is 0 Å². The second kappa shape index (κ2) is 11.8. The number of ether oxygens (including phenoxy) is 2. The first-order chi connectivity index (χ1) is 20.2. The number of nitrogens with zero attached hydrogens (tertiary/aromatic N) is 2. The number of hydrogen-bond donors (Lipinski definition) is 0. The largest absolute Gasteiger partial charge is 0.493 e. The van der Waals surface area contributed by atoms with Gasteiger partial charge in [0.1, 0.15) is 5.82 Å². The Labute approximate surface area is 247 Å². The van der Waals surface area contributed by atoms with Gasteiger partial charge in [0.15, 0.2) is 11.5 Å². The zero-order valence-corrected chi connectivity index (χ0v) is 24.9. The predicted molar refractivity (Wildman–Crippen MR) is 172 cm³/mol. The van der Waals surface area contributed by atoms with Crippen molar-refractivity contribution in [3.63, 3.8) is 0 Å². The van der Waals surface area contributed by atoms with Crippen LogP contribution in [0.2, 0.25) is 0 Å². The van der Waals surface area contributed by atoms with E-state index in [0.717, 1.165) is 27.9 Å². The molecule has 5 heteroatoms. The topological polar surface area (TPSA) is 53.3 Å². The summed E-state index contributed by atoms with van der Waals surface area (Å²) in [5, 5.41) is 0.558. The number of benzene rings is 4. The summed E-state index contributed by atoms with van der Waals surface area (Å²) in [7, 11) is 3.21. The number of para-hydroxylation sites is 1. The van der Waals surface area contributed by atoms with E-state index < -0.39 is 0 Å². The molecule has 0 aliphatic rings. The Hall–Kier alpha value is -5.08. The molecule has 0 N–H and O–H groups in total. The molecule has 0 atom stereocenters. The molecule has 0 saturated heterocycles. The summed E-state index contributed by atoms with van der Waals surface area (Å²) >= 11 is 0. The van der Waals surface area contributed by atoms with E-state index in [1.807, 2.05) is 79.7 Å². The standard InChI is InChI=1S/C37H34N2O3/c1-25-23-27(12-11-26-13-18-29(19-14-26)37(2,3)4)15-20-32(25)39-35(38-31-10-8-7-9-30(31)36(39)40)22-17-28-16-21-33(41-5)34(24-28)42-6/h7-10,13-24H,1-6H3. The highest BCUT2D eigenvalue weighted by Crippen LogP contribution is 2.28. The van der Waals surface area contributed by atoms with Crippen LogP contribution in [0.25, 0.3) is 28.7 Å². The lowest BCUT2D eigenvalue weighted by atomic mass is 9.87. The molecule has 4 aromatic carbocycles. The molecule has 0 bridgehead atoms. The van der Waals surface area contributed by atoms with Crippen molar-refractivity contribution >= 4 is 23.1 Å². The van der Waals surface area contributed by atoms with Crippen LogP contribution in [-0.4, -0.2) is 23.8 Å². The van der Waals surface area contributed by atoms with Gasteiger partial charge in [-0.2, -0.15) is 0 Å². The van der Waals surface area contributed by atoms with E-state index >= 15 is 0 Å². The Morgan fingerprint density at radius 2 is 1.48 bits per heavy atom. The minimum atomic E-state index is -0.131. The molecule has 1 aromatic heterocycles. The van der Waals surface area contributed by atoms with Gasteiger partial charge in [-0.25, -0.2) is 4.98 Å². The van der Waals surface area contributed by atoms with Crippen LogP contribution in [0.1, 0.15) is 54.4 Å². The highest BCUT2D eigenvalue weighted by molar-refractivity contribution is 5.80. The van der Waals surface area contributed by atoms with E-state index in [-0.39, 0.29) is 11.0 Å². The fraction of sp³-hybridized carbons (Fsp3) is 0.189. The van der Waals surface area contributed by atoms with Crippen molar-refractivity contribution in [2.24, 2.45) is 0 Å². The molecule has 0 unspecified atom stereocenters. The van der Waals surface area contributed by atoms with Crippen LogP contribution in [0.4, 0.5) is 0 Å². The Morgan fingerprint density at radius 3 is 2.17 bits per heavy atom. The molecule has 0 radical (unpaired) electrons. The molecule has 5 nitrogen and oxygen atoms in total. The molecule has 0 spiro atoms. The maximum Gasteiger partial charge on any atom is 0.266 e. The normalized spacial score (nSPS) is 11.4. The lowest BCUT2D eigenvalue weighted by molar-refractivity contribution is 0.355. The third-order valence-corrected chi connectivity index (χ3v) is 7.17. The SMILES string of the molecule is COc1ccc(C=Cc2nc3ccccc3c(=O)n2-c2ccc(C#Cc3ccc(C(C)(C)C)cc3)cc2C)cc1OC. The minimum Gasteiger partial charge on any atom is -0.493 e.